The van der Waals surface area contributed by atoms with E-state index in [1.807, 2.05) is 0 Å². The monoisotopic (exact) mass is 327 g/mol. The fourth-order valence-corrected chi connectivity index (χ4v) is 6.24. The summed E-state index contributed by atoms with van der Waals surface area (Å²) in [5.41, 5.74) is 1.10. The van der Waals surface area contributed by atoms with E-state index in [1.54, 1.807) is 6.20 Å². The number of alkyl halides is 3. The largest absolute Gasteiger partial charge is 0.445 e. The quantitative estimate of drug-likeness (QED) is 0.783. The summed E-state index contributed by atoms with van der Waals surface area (Å²) in [4.78, 5) is 4.93. The van der Waals surface area contributed by atoms with E-state index in [1.165, 1.54) is 23.8 Å². The van der Waals surface area contributed by atoms with Crippen LogP contribution in [0.2, 0.25) is 0 Å². The summed E-state index contributed by atoms with van der Waals surface area (Å²) in [5, 5.41) is 2.87. The molecule has 0 saturated heterocycles. The van der Waals surface area contributed by atoms with Gasteiger partial charge in [0.2, 0.25) is 9.97 Å². The Morgan fingerprint density at radius 3 is 2.18 bits per heavy atom. The summed E-state index contributed by atoms with van der Waals surface area (Å²) in [6.45, 7) is 0. The van der Waals surface area contributed by atoms with Gasteiger partial charge in [0.1, 0.15) is 0 Å². The molecule has 0 aliphatic heterocycles. The number of imidazole rings is 1. The molecule has 0 N–H and O–H groups in total. The van der Waals surface area contributed by atoms with Crippen LogP contribution < -0.4 is 0 Å². The minimum atomic E-state index is -4.38. The Kier molecular flexibility index (Phi) is 2.45. The van der Waals surface area contributed by atoms with Crippen molar-refractivity contribution in [3.8, 4) is 0 Å². The Morgan fingerprint density at radius 2 is 1.68 bits per heavy atom. The number of fused-ring (bicyclic) bond motifs is 1. The molecular formula is C15H16F3N3S. The van der Waals surface area contributed by atoms with E-state index in [9.17, 15) is 13.2 Å². The van der Waals surface area contributed by atoms with Gasteiger partial charge in [0, 0.05) is 5.41 Å². The molecule has 2 aromatic heterocycles. The van der Waals surface area contributed by atoms with Gasteiger partial charge in [-0.3, -0.25) is 0 Å². The SMILES string of the molecule is FC(F)(F)c1nn2cc(C34CC5CC(CC(C5)C3)C4)nc2s1. The first-order valence-corrected chi connectivity index (χ1v) is 8.67. The zero-order valence-electron chi connectivity index (χ0n) is 11.9. The second kappa shape index (κ2) is 4.04. The van der Waals surface area contributed by atoms with Crippen molar-refractivity contribution in [2.24, 2.45) is 17.8 Å². The Bertz CT molecular complexity index is 678. The average Bonchev–Trinajstić information content (AvgIpc) is 2.93. The highest BCUT2D eigenvalue weighted by Gasteiger charge is 2.52. The minimum absolute atomic E-state index is 0.112. The fourth-order valence-electron chi connectivity index (χ4n) is 5.49. The first kappa shape index (κ1) is 13.3. The summed E-state index contributed by atoms with van der Waals surface area (Å²) in [6.07, 6.45) is 4.90. The summed E-state index contributed by atoms with van der Waals surface area (Å²) < 4.78 is 39.5. The third-order valence-electron chi connectivity index (χ3n) is 5.87. The van der Waals surface area contributed by atoms with Crippen LogP contribution in [0.5, 0.6) is 0 Å². The third kappa shape index (κ3) is 1.80. The van der Waals surface area contributed by atoms with E-state index in [-0.39, 0.29) is 5.41 Å². The number of rotatable bonds is 1. The predicted molar refractivity (Wildman–Crippen MR) is 75.7 cm³/mol. The van der Waals surface area contributed by atoms with Crippen LogP contribution in [-0.4, -0.2) is 14.6 Å². The number of hydrogen-bond acceptors (Lipinski definition) is 3. The Hall–Kier alpha value is -1.11. The van der Waals surface area contributed by atoms with Gasteiger partial charge in [0.15, 0.2) is 0 Å². The molecule has 0 radical (unpaired) electrons. The first-order chi connectivity index (χ1) is 10.4. The number of aromatic nitrogens is 3. The first-order valence-electron chi connectivity index (χ1n) is 7.85. The van der Waals surface area contributed by atoms with Crippen LogP contribution in [0, 0.1) is 17.8 Å². The maximum Gasteiger partial charge on any atom is 0.445 e. The molecule has 2 heterocycles. The van der Waals surface area contributed by atoms with Crippen molar-refractivity contribution in [2.45, 2.75) is 50.1 Å². The van der Waals surface area contributed by atoms with Crippen LogP contribution in [0.25, 0.3) is 4.96 Å². The molecule has 0 unspecified atom stereocenters. The Balaban J connectivity index is 1.55. The van der Waals surface area contributed by atoms with Crippen LogP contribution >= 0.6 is 11.3 Å². The van der Waals surface area contributed by atoms with Gasteiger partial charge >= 0.3 is 6.18 Å². The molecular weight excluding hydrogens is 311 g/mol. The van der Waals surface area contributed by atoms with E-state index in [4.69, 9.17) is 0 Å². The average molecular weight is 327 g/mol. The van der Waals surface area contributed by atoms with Gasteiger partial charge in [-0.25, -0.2) is 9.50 Å². The second-order valence-electron chi connectivity index (χ2n) is 7.46. The molecule has 0 aromatic carbocycles. The van der Waals surface area contributed by atoms with Crippen LogP contribution in [0.15, 0.2) is 6.20 Å². The minimum Gasteiger partial charge on any atom is -0.222 e. The van der Waals surface area contributed by atoms with Gasteiger partial charge < -0.3 is 0 Å². The summed E-state index contributed by atoms with van der Waals surface area (Å²) >= 11 is 0.645. The van der Waals surface area contributed by atoms with E-state index < -0.39 is 11.2 Å². The van der Waals surface area contributed by atoms with Crippen molar-refractivity contribution < 1.29 is 13.2 Å². The van der Waals surface area contributed by atoms with Gasteiger partial charge in [-0.05, 0) is 56.3 Å². The van der Waals surface area contributed by atoms with Crippen molar-refractivity contribution >= 4 is 16.3 Å². The molecule has 7 heteroatoms. The van der Waals surface area contributed by atoms with Gasteiger partial charge in [-0.1, -0.05) is 11.3 Å². The molecule has 4 fully saturated rings. The lowest BCUT2D eigenvalue weighted by atomic mass is 9.49. The normalized spacial score (nSPS) is 37.3. The zero-order chi connectivity index (χ0) is 15.1. The van der Waals surface area contributed by atoms with Crippen molar-refractivity contribution in [1.29, 1.82) is 0 Å². The van der Waals surface area contributed by atoms with Gasteiger partial charge in [-0.15, -0.1) is 5.10 Å². The van der Waals surface area contributed by atoms with E-state index >= 15 is 0 Å². The topological polar surface area (TPSA) is 30.2 Å². The number of halogens is 3. The molecule has 2 aromatic rings. The summed E-state index contributed by atoms with van der Waals surface area (Å²) in [7, 11) is 0. The summed E-state index contributed by atoms with van der Waals surface area (Å²) in [5.74, 6) is 2.39. The van der Waals surface area contributed by atoms with Crippen LogP contribution in [0.4, 0.5) is 13.2 Å². The van der Waals surface area contributed by atoms with E-state index in [0.29, 0.717) is 16.3 Å². The smallest absolute Gasteiger partial charge is 0.222 e. The van der Waals surface area contributed by atoms with Gasteiger partial charge in [0.25, 0.3) is 0 Å². The lowest BCUT2D eigenvalue weighted by molar-refractivity contribution is -0.138. The Morgan fingerprint density at radius 1 is 1.09 bits per heavy atom. The lowest BCUT2D eigenvalue weighted by Gasteiger charge is -2.56. The Labute approximate surface area is 129 Å². The molecule has 6 rings (SSSR count). The highest BCUT2D eigenvalue weighted by atomic mass is 32.1. The van der Waals surface area contributed by atoms with Crippen molar-refractivity contribution in [3.63, 3.8) is 0 Å². The number of nitrogens with zero attached hydrogens (tertiary/aromatic N) is 3. The fraction of sp³-hybridized carbons (Fsp3) is 0.733. The second-order valence-corrected chi connectivity index (χ2v) is 8.41. The standard InChI is InChI=1S/C15H16F3N3S/c16-15(17,18)12-20-21-7-11(19-13(21)22-12)14-4-8-1-9(5-14)3-10(2-8)6-14/h7-10H,1-6H2. The number of hydrogen-bond donors (Lipinski definition) is 0. The van der Waals surface area contributed by atoms with Crippen molar-refractivity contribution in [3.05, 3.63) is 16.9 Å². The molecule has 4 aliphatic rings. The molecule has 4 bridgehead atoms. The molecule has 22 heavy (non-hydrogen) atoms. The van der Waals surface area contributed by atoms with Gasteiger partial charge in [0.05, 0.1) is 11.9 Å². The molecule has 4 saturated carbocycles. The lowest BCUT2D eigenvalue weighted by Crippen LogP contribution is -2.48. The maximum atomic E-state index is 12.7. The molecule has 0 atom stereocenters. The van der Waals surface area contributed by atoms with E-state index in [2.05, 4.69) is 10.1 Å². The van der Waals surface area contributed by atoms with Crippen molar-refractivity contribution in [1.82, 2.24) is 14.6 Å². The molecule has 0 spiro atoms. The van der Waals surface area contributed by atoms with E-state index in [0.717, 1.165) is 42.7 Å². The molecule has 118 valence electrons. The van der Waals surface area contributed by atoms with Gasteiger partial charge in [-0.2, -0.15) is 13.2 Å². The summed E-state index contributed by atoms with van der Waals surface area (Å²) in [6, 6.07) is 0. The molecule has 4 aliphatic carbocycles. The highest BCUT2D eigenvalue weighted by Crippen LogP contribution is 2.60. The van der Waals surface area contributed by atoms with Crippen LogP contribution in [0.3, 0.4) is 0 Å². The predicted octanol–water partition coefficient (Wildman–Crippen LogP) is 4.28. The van der Waals surface area contributed by atoms with Crippen molar-refractivity contribution in [2.75, 3.05) is 0 Å². The zero-order valence-corrected chi connectivity index (χ0v) is 12.8. The maximum absolute atomic E-state index is 12.7. The van der Waals surface area contributed by atoms with Crippen LogP contribution in [-0.2, 0) is 11.6 Å². The molecule has 0 amide bonds. The molecule has 3 nitrogen and oxygen atoms in total. The van der Waals surface area contributed by atoms with Crippen LogP contribution in [0.1, 0.15) is 49.2 Å². The highest BCUT2D eigenvalue weighted by molar-refractivity contribution is 7.16. The third-order valence-corrected chi connectivity index (χ3v) is 6.83.